The lowest BCUT2D eigenvalue weighted by molar-refractivity contribution is -0.146. The van der Waals surface area contributed by atoms with Gasteiger partial charge in [-0.1, -0.05) is 32.9 Å². The topological polar surface area (TPSA) is 76.9 Å². The third kappa shape index (κ3) is 4.59. The van der Waals surface area contributed by atoms with Gasteiger partial charge in [-0.15, -0.1) is 0 Å². The summed E-state index contributed by atoms with van der Waals surface area (Å²) in [5, 5.41) is 0. The van der Waals surface area contributed by atoms with Crippen molar-refractivity contribution in [1.29, 1.82) is 0 Å². The molecular weight excluding hydrogens is 405 g/mol. The largest absolute Gasteiger partial charge is 0.449 e. The maximum atomic E-state index is 13.3. The molecule has 0 bridgehead atoms. The lowest BCUT2D eigenvalue weighted by Gasteiger charge is -2.19. The van der Waals surface area contributed by atoms with E-state index in [1.54, 1.807) is 12.1 Å². The maximum Gasteiger partial charge on any atom is 0.449 e. The highest BCUT2D eigenvalue weighted by molar-refractivity contribution is 7.89. The Morgan fingerprint density at radius 1 is 1.07 bits per heavy atom. The molecule has 0 radical (unpaired) electrons. The first-order valence-corrected chi connectivity index (χ1v) is 10.4. The second-order valence-electron chi connectivity index (χ2n) is 7.60. The number of hydrogen-bond acceptors (Lipinski definition) is 4. The summed E-state index contributed by atoms with van der Waals surface area (Å²) in [6.45, 7) is 5.53. The second-order valence-corrected chi connectivity index (χ2v) is 9.37. The predicted octanol–water partition coefficient (Wildman–Crippen LogP) is 3.73. The third-order valence-corrected chi connectivity index (χ3v) is 5.89. The van der Waals surface area contributed by atoms with Crippen LogP contribution in [0.3, 0.4) is 0 Å². The SMILES string of the molecule is CC(C)(C)c1ccc(S(=O)(=O)NCCn2c(C(F)(F)F)nc3cccnc32)cc1. The van der Waals surface area contributed by atoms with Crippen molar-refractivity contribution in [2.75, 3.05) is 6.54 Å². The molecule has 1 N–H and O–H groups in total. The molecule has 1 aromatic carbocycles. The fraction of sp³-hybridized carbons (Fsp3) is 0.368. The molecule has 0 saturated heterocycles. The van der Waals surface area contributed by atoms with Crippen molar-refractivity contribution in [1.82, 2.24) is 19.3 Å². The summed E-state index contributed by atoms with van der Waals surface area (Å²) < 4.78 is 68.1. The number of hydrogen-bond donors (Lipinski definition) is 1. The molecule has 3 rings (SSSR count). The first-order valence-electron chi connectivity index (χ1n) is 8.88. The number of rotatable bonds is 5. The van der Waals surface area contributed by atoms with Gasteiger partial charge in [-0.2, -0.15) is 13.2 Å². The maximum absolute atomic E-state index is 13.3. The number of pyridine rings is 1. The number of aromatic nitrogens is 3. The fourth-order valence-corrected chi connectivity index (χ4v) is 3.92. The minimum Gasteiger partial charge on any atom is -0.304 e. The van der Waals surface area contributed by atoms with Crippen molar-refractivity contribution in [3.05, 3.63) is 54.0 Å². The Balaban J connectivity index is 1.79. The molecule has 0 atom stereocenters. The Morgan fingerprint density at radius 3 is 2.31 bits per heavy atom. The van der Waals surface area contributed by atoms with Crippen LogP contribution < -0.4 is 4.72 Å². The minimum absolute atomic E-state index is 0.0496. The van der Waals surface area contributed by atoms with E-state index in [2.05, 4.69) is 14.7 Å². The molecule has 2 heterocycles. The molecule has 3 aromatic rings. The lowest BCUT2D eigenvalue weighted by Crippen LogP contribution is -2.29. The molecule has 0 spiro atoms. The molecule has 0 amide bonds. The fourth-order valence-electron chi connectivity index (χ4n) is 2.90. The Bertz CT molecular complexity index is 1120. The van der Waals surface area contributed by atoms with Crippen molar-refractivity contribution >= 4 is 21.2 Å². The Kier molecular flexibility index (Phi) is 5.44. The van der Waals surface area contributed by atoms with Gasteiger partial charge in [0.2, 0.25) is 15.8 Å². The van der Waals surface area contributed by atoms with Crippen molar-refractivity contribution in [3.63, 3.8) is 0 Å². The Hall–Kier alpha value is -2.46. The van der Waals surface area contributed by atoms with E-state index in [9.17, 15) is 21.6 Å². The molecular formula is C19H21F3N4O2S. The van der Waals surface area contributed by atoms with Crippen LogP contribution in [0.2, 0.25) is 0 Å². The van der Waals surface area contributed by atoms with Gasteiger partial charge < -0.3 is 4.57 Å². The van der Waals surface area contributed by atoms with E-state index in [1.165, 1.54) is 30.5 Å². The molecule has 0 saturated carbocycles. The Labute approximate surface area is 166 Å². The highest BCUT2D eigenvalue weighted by Gasteiger charge is 2.37. The van der Waals surface area contributed by atoms with E-state index in [-0.39, 0.29) is 34.6 Å². The molecule has 10 heteroatoms. The zero-order valence-corrected chi connectivity index (χ0v) is 17.0. The quantitative estimate of drug-likeness (QED) is 0.675. The molecule has 0 unspecified atom stereocenters. The smallest absolute Gasteiger partial charge is 0.304 e. The van der Waals surface area contributed by atoms with Crippen LogP contribution in [0.15, 0.2) is 47.5 Å². The van der Waals surface area contributed by atoms with Crippen LogP contribution in [0.25, 0.3) is 11.2 Å². The van der Waals surface area contributed by atoms with Gasteiger partial charge in [-0.3, -0.25) is 0 Å². The van der Waals surface area contributed by atoms with Crippen molar-refractivity contribution in [2.24, 2.45) is 0 Å². The molecule has 0 aliphatic carbocycles. The molecule has 29 heavy (non-hydrogen) atoms. The van der Waals surface area contributed by atoms with Crippen LogP contribution in [0.5, 0.6) is 0 Å². The summed E-state index contributed by atoms with van der Waals surface area (Å²) in [5.74, 6) is -1.11. The van der Waals surface area contributed by atoms with E-state index in [0.29, 0.717) is 0 Å². The lowest BCUT2D eigenvalue weighted by atomic mass is 9.87. The molecule has 0 aliphatic rings. The van der Waals surface area contributed by atoms with Gasteiger partial charge in [0, 0.05) is 19.3 Å². The van der Waals surface area contributed by atoms with Gasteiger partial charge in [0.05, 0.1) is 4.90 Å². The summed E-state index contributed by atoms with van der Waals surface area (Å²) in [7, 11) is -3.86. The van der Waals surface area contributed by atoms with Crippen molar-refractivity contribution in [2.45, 2.75) is 43.8 Å². The van der Waals surface area contributed by atoms with E-state index in [0.717, 1.165) is 10.1 Å². The standard InChI is InChI=1S/C19H21F3N4O2S/c1-18(2,3)13-6-8-14(9-7-13)29(27,28)24-11-12-26-16-15(5-4-10-23-16)25-17(26)19(20,21)22/h4-10,24H,11-12H2,1-3H3. The number of fused-ring (bicyclic) bond motifs is 1. The molecule has 0 aliphatic heterocycles. The van der Waals surface area contributed by atoms with Crippen LogP contribution in [-0.2, 0) is 28.2 Å². The summed E-state index contributed by atoms with van der Waals surface area (Å²) >= 11 is 0. The zero-order chi connectivity index (χ0) is 21.4. The van der Waals surface area contributed by atoms with Crippen LogP contribution in [-0.4, -0.2) is 29.5 Å². The van der Waals surface area contributed by atoms with Crippen LogP contribution in [0, 0.1) is 0 Å². The molecule has 6 nitrogen and oxygen atoms in total. The normalized spacial score (nSPS) is 13.2. The van der Waals surface area contributed by atoms with E-state index >= 15 is 0 Å². The number of halogens is 3. The minimum atomic E-state index is -4.68. The van der Waals surface area contributed by atoms with E-state index < -0.39 is 22.0 Å². The van der Waals surface area contributed by atoms with Crippen molar-refractivity contribution in [3.8, 4) is 0 Å². The summed E-state index contributed by atoms with van der Waals surface area (Å²) in [4.78, 5) is 7.58. The first-order chi connectivity index (χ1) is 13.4. The number of nitrogens with zero attached hydrogens (tertiary/aromatic N) is 3. The number of imidazole rings is 1. The van der Waals surface area contributed by atoms with Gasteiger partial charge >= 0.3 is 6.18 Å². The van der Waals surface area contributed by atoms with Gasteiger partial charge in [0.15, 0.2) is 5.65 Å². The highest BCUT2D eigenvalue weighted by atomic mass is 32.2. The average Bonchev–Trinajstić information content (AvgIpc) is 3.00. The van der Waals surface area contributed by atoms with Crippen LogP contribution in [0.1, 0.15) is 32.2 Å². The molecule has 156 valence electrons. The van der Waals surface area contributed by atoms with E-state index in [1.807, 2.05) is 20.8 Å². The molecule has 2 aromatic heterocycles. The van der Waals surface area contributed by atoms with Crippen LogP contribution >= 0.6 is 0 Å². The highest BCUT2D eigenvalue weighted by Crippen LogP contribution is 2.30. The van der Waals surface area contributed by atoms with Crippen LogP contribution in [0.4, 0.5) is 13.2 Å². The number of sulfonamides is 1. The average molecular weight is 426 g/mol. The summed E-state index contributed by atoms with van der Waals surface area (Å²) in [6, 6.07) is 9.34. The van der Waals surface area contributed by atoms with Gasteiger partial charge in [0.1, 0.15) is 5.52 Å². The number of benzene rings is 1. The van der Waals surface area contributed by atoms with Crippen molar-refractivity contribution < 1.29 is 21.6 Å². The zero-order valence-electron chi connectivity index (χ0n) is 16.2. The van der Waals surface area contributed by atoms with Gasteiger partial charge in [-0.25, -0.2) is 23.1 Å². The summed E-state index contributed by atoms with van der Waals surface area (Å²) in [5.41, 5.74) is 0.996. The van der Waals surface area contributed by atoms with Gasteiger partial charge in [-0.05, 0) is 35.2 Å². The second kappa shape index (κ2) is 7.42. The number of nitrogens with one attached hydrogen (secondary N) is 1. The number of alkyl halides is 3. The van der Waals surface area contributed by atoms with Gasteiger partial charge in [0.25, 0.3) is 0 Å². The Morgan fingerprint density at radius 2 is 1.72 bits per heavy atom. The summed E-state index contributed by atoms with van der Waals surface area (Å²) in [6.07, 6.45) is -3.32. The third-order valence-electron chi connectivity index (χ3n) is 4.42. The molecule has 0 fully saturated rings. The monoisotopic (exact) mass is 426 g/mol. The predicted molar refractivity (Wildman–Crippen MR) is 103 cm³/mol. The van der Waals surface area contributed by atoms with E-state index in [4.69, 9.17) is 0 Å². The first kappa shape index (κ1) is 21.3.